The van der Waals surface area contributed by atoms with Crippen molar-refractivity contribution in [1.82, 2.24) is 4.57 Å². The van der Waals surface area contributed by atoms with Crippen LogP contribution in [0, 0.1) is 0 Å². The second-order valence-electron chi connectivity index (χ2n) is 5.67. The Kier molecular flexibility index (Phi) is 4.81. The van der Waals surface area contributed by atoms with E-state index >= 15 is 0 Å². The molecule has 1 N–H and O–H groups in total. The molecule has 0 spiro atoms. The lowest BCUT2D eigenvalue weighted by atomic mass is 10.0. The highest BCUT2D eigenvalue weighted by Gasteiger charge is 2.14. The van der Waals surface area contributed by atoms with Crippen LogP contribution in [0.1, 0.15) is 49.0 Å². The third-order valence-electron chi connectivity index (χ3n) is 3.72. The van der Waals surface area contributed by atoms with E-state index in [9.17, 15) is 9.59 Å². The molecule has 0 amide bonds. The molecule has 0 fully saturated rings. The van der Waals surface area contributed by atoms with Crippen molar-refractivity contribution in [3.05, 3.63) is 57.9 Å². The van der Waals surface area contributed by atoms with E-state index in [-0.39, 0.29) is 5.56 Å². The van der Waals surface area contributed by atoms with Crippen molar-refractivity contribution in [2.75, 3.05) is 0 Å². The summed E-state index contributed by atoms with van der Waals surface area (Å²) in [6.45, 7) is 6.72. The van der Waals surface area contributed by atoms with Crippen LogP contribution in [0.25, 0.3) is 11.3 Å². The summed E-state index contributed by atoms with van der Waals surface area (Å²) in [4.78, 5) is 23.5. The van der Waals surface area contributed by atoms with Crippen molar-refractivity contribution in [3.8, 4) is 11.3 Å². The van der Waals surface area contributed by atoms with Gasteiger partial charge in [0.05, 0.1) is 5.69 Å². The number of carbonyl (C=O) groups is 1. The van der Waals surface area contributed by atoms with Crippen LogP contribution < -0.4 is 5.56 Å². The fourth-order valence-electron chi connectivity index (χ4n) is 2.48. The lowest BCUT2D eigenvalue weighted by molar-refractivity contribution is 0.0694. The molecule has 2 aromatic rings. The summed E-state index contributed by atoms with van der Waals surface area (Å²) >= 11 is 0. The predicted molar refractivity (Wildman–Crippen MR) is 87.5 cm³/mol. The first kappa shape index (κ1) is 16.0. The Balaban J connectivity index is 2.57. The van der Waals surface area contributed by atoms with Crippen LogP contribution in [0.5, 0.6) is 0 Å². The largest absolute Gasteiger partial charge is 0.477 e. The summed E-state index contributed by atoms with van der Waals surface area (Å²) in [5, 5.41) is 9.10. The first-order valence-corrected chi connectivity index (χ1v) is 7.53. The highest BCUT2D eigenvalue weighted by atomic mass is 16.4. The Labute approximate surface area is 130 Å². The number of rotatable bonds is 5. The lowest BCUT2D eigenvalue weighted by Crippen LogP contribution is -2.27. The van der Waals surface area contributed by atoms with Gasteiger partial charge in [0, 0.05) is 6.54 Å². The van der Waals surface area contributed by atoms with Crippen LogP contribution >= 0.6 is 0 Å². The zero-order valence-corrected chi connectivity index (χ0v) is 13.2. The molecular weight excluding hydrogens is 278 g/mol. The van der Waals surface area contributed by atoms with E-state index in [1.807, 2.05) is 31.2 Å². The zero-order chi connectivity index (χ0) is 16.3. The van der Waals surface area contributed by atoms with E-state index in [0.717, 1.165) is 17.7 Å². The number of benzene rings is 1. The van der Waals surface area contributed by atoms with Crippen molar-refractivity contribution in [2.24, 2.45) is 0 Å². The van der Waals surface area contributed by atoms with E-state index in [2.05, 4.69) is 13.8 Å². The Morgan fingerprint density at radius 2 is 1.77 bits per heavy atom. The third kappa shape index (κ3) is 3.11. The number of aromatic nitrogens is 1. The molecule has 0 bridgehead atoms. The third-order valence-corrected chi connectivity index (χ3v) is 3.72. The van der Waals surface area contributed by atoms with Crippen LogP contribution in [-0.4, -0.2) is 15.6 Å². The van der Waals surface area contributed by atoms with Crippen molar-refractivity contribution < 1.29 is 9.90 Å². The predicted octanol–water partition coefficient (Wildman–Crippen LogP) is 3.75. The Bertz CT molecular complexity index is 727. The maximum atomic E-state index is 12.4. The first-order valence-electron chi connectivity index (χ1n) is 7.53. The average Bonchev–Trinajstić information content (AvgIpc) is 2.49. The molecule has 0 atom stereocenters. The molecule has 0 aliphatic rings. The molecule has 1 aromatic carbocycles. The summed E-state index contributed by atoms with van der Waals surface area (Å²) in [6, 6.07) is 11.2. The molecule has 0 radical (unpaired) electrons. The maximum absolute atomic E-state index is 12.4. The summed E-state index contributed by atoms with van der Waals surface area (Å²) in [5.74, 6) is -0.738. The van der Waals surface area contributed by atoms with Crippen molar-refractivity contribution in [1.29, 1.82) is 0 Å². The number of hydrogen-bond acceptors (Lipinski definition) is 2. The minimum atomic E-state index is -1.18. The summed E-state index contributed by atoms with van der Waals surface area (Å²) < 4.78 is 1.55. The normalized spacial score (nSPS) is 10.9. The molecule has 116 valence electrons. The van der Waals surface area contributed by atoms with E-state index < -0.39 is 11.5 Å². The van der Waals surface area contributed by atoms with Crippen molar-refractivity contribution >= 4 is 5.97 Å². The van der Waals surface area contributed by atoms with E-state index in [1.165, 1.54) is 11.6 Å². The Hall–Kier alpha value is -2.36. The summed E-state index contributed by atoms with van der Waals surface area (Å²) in [5.41, 5.74) is 2.28. The molecule has 2 rings (SSSR count). The summed E-state index contributed by atoms with van der Waals surface area (Å²) in [6.07, 6.45) is 0.764. The minimum Gasteiger partial charge on any atom is -0.477 e. The molecule has 22 heavy (non-hydrogen) atoms. The first-order chi connectivity index (χ1) is 10.5. The molecule has 4 nitrogen and oxygen atoms in total. The quantitative estimate of drug-likeness (QED) is 0.914. The Morgan fingerprint density at radius 1 is 1.14 bits per heavy atom. The van der Waals surface area contributed by atoms with Gasteiger partial charge in [-0.2, -0.15) is 0 Å². The highest BCUT2D eigenvalue weighted by Crippen LogP contribution is 2.22. The number of hydrogen-bond donors (Lipinski definition) is 1. The number of carboxylic acids is 1. The molecule has 4 heteroatoms. The molecule has 1 aromatic heterocycles. The number of carboxylic acid groups (broad SMARTS) is 1. The molecule has 0 unspecified atom stereocenters. The lowest BCUT2D eigenvalue weighted by Gasteiger charge is -2.14. The van der Waals surface area contributed by atoms with Gasteiger partial charge in [0.1, 0.15) is 5.56 Å². The molecule has 0 saturated heterocycles. The van der Waals surface area contributed by atoms with Crippen LogP contribution in [-0.2, 0) is 6.54 Å². The Morgan fingerprint density at radius 3 is 2.27 bits per heavy atom. The average molecular weight is 299 g/mol. The molecule has 0 aliphatic heterocycles. The number of pyridine rings is 1. The van der Waals surface area contributed by atoms with E-state index in [4.69, 9.17) is 5.11 Å². The van der Waals surface area contributed by atoms with Crippen LogP contribution in [0.4, 0.5) is 0 Å². The second-order valence-corrected chi connectivity index (χ2v) is 5.67. The van der Waals surface area contributed by atoms with Crippen LogP contribution in [0.2, 0.25) is 0 Å². The highest BCUT2D eigenvalue weighted by molar-refractivity contribution is 5.87. The van der Waals surface area contributed by atoms with Gasteiger partial charge >= 0.3 is 5.97 Å². The van der Waals surface area contributed by atoms with Crippen LogP contribution in [0.15, 0.2) is 41.2 Å². The van der Waals surface area contributed by atoms with Gasteiger partial charge < -0.3 is 9.67 Å². The smallest absolute Gasteiger partial charge is 0.341 e. The number of nitrogens with zero attached hydrogens (tertiary/aromatic N) is 1. The van der Waals surface area contributed by atoms with E-state index in [0.29, 0.717) is 12.5 Å². The van der Waals surface area contributed by atoms with Gasteiger partial charge in [0.25, 0.3) is 5.56 Å². The standard InChI is InChI=1S/C18H21NO3/c1-4-11-19-16(10-9-15(17(19)20)18(21)22)14-7-5-13(6-8-14)12(2)3/h5-10,12H,4,11H2,1-3H3,(H,21,22). The van der Waals surface area contributed by atoms with Gasteiger partial charge in [-0.15, -0.1) is 0 Å². The van der Waals surface area contributed by atoms with Crippen LogP contribution in [0.3, 0.4) is 0 Å². The fourth-order valence-corrected chi connectivity index (χ4v) is 2.48. The van der Waals surface area contributed by atoms with Gasteiger partial charge in [-0.1, -0.05) is 45.0 Å². The van der Waals surface area contributed by atoms with E-state index in [1.54, 1.807) is 10.6 Å². The van der Waals surface area contributed by atoms with Crippen molar-refractivity contribution in [3.63, 3.8) is 0 Å². The molecule has 1 heterocycles. The molecule has 0 saturated carbocycles. The zero-order valence-electron chi connectivity index (χ0n) is 13.2. The molecular formula is C18H21NO3. The van der Waals surface area contributed by atoms with Crippen molar-refractivity contribution in [2.45, 2.75) is 39.7 Å². The van der Waals surface area contributed by atoms with Gasteiger partial charge in [-0.05, 0) is 35.6 Å². The molecule has 0 aliphatic carbocycles. The summed E-state index contributed by atoms with van der Waals surface area (Å²) in [7, 11) is 0. The van der Waals surface area contributed by atoms with Gasteiger partial charge in [-0.3, -0.25) is 4.79 Å². The van der Waals surface area contributed by atoms with Gasteiger partial charge in [0.2, 0.25) is 0 Å². The minimum absolute atomic E-state index is 0.184. The van der Waals surface area contributed by atoms with Gasteiger partial charge in [0.15, 0.2) is 0 Å². The monoisotopic (exact) mass is 299 g/mol. The maximum Gasteiger partial charge on any atom is 0.341 e. The fraction of sp³-hybridized carbons (Fsp3) is 0.333. The number of aromatic carboxylic acids is 1. The second kappa shape index (κ2) is 6.60. The SMILES string of the molecule is CCCn1c(-c2ccc(C(C)C)cc2)ccc(C(=O)O)c1=O. The van der Waals surface area contributed by atoms with Gasteiger partial charge in [-0.25, -0.2) is 4.79 Å². The topological polar surface area (TPSA) is 59.3 Å².